The van der Waals surface area contributed by atoms with E-state index in [1.165, 1.54) is 31.7 Å². The molecule has 0 bridgehead atoms. The molecule has 1 aliphatic heterocycles. The first kappa shape index (κ1) is 21.8. The maximum atomic E-state index is 13.6. The van der Waals surface area contributed by atoms with Gasteiger partial charge >= 0.3 is 0 Å². The van der Waals surface area contributed by atoms with E-state index in [4.69, 9.17) is 13.9 Å². The van der Waals surface area contributed by atoms with E-state index in [9.17, 15) is 9.18 Å². The van der Waals surface area contributed by atoms with Gasteiger partial charge in [-0.25, -0.2) is 9.37 Å². The zero-order valence-corrected chi connectivity index (χ0v) is 18.5. The Bertz CT molecular complexity index is 1280. The maximum absolute atomic E-state index is 13.6. The number of ether oxygens (including phenoxy) is 2. The van der Waals surface area contributed by atoms with Crippen LogP contribution in [0.5, 0.6) is 5.75 Å². The molecule has 0 saturated carbocycles. The summed E-state index contributed by atoms with van der Waals surface area (Å²) < 4.78 is 32.0. The van der Waals surface area contributed by atoms with Crippen LogP contribution in [0.15, 0.2) is 65.8 Å². The second-order valence-corrected chi connectivity index (χ2v) is 8.03. The molecule has 1 saturated heterocycles. The number of rotatable bonds is 7. The molecule has 0 spiro atoms. The van der Waals surface area contributed by atoms with Gasteiger partial charge in [-0.2, -0.15) is 0 Å². The number of hydrogen-bond acceptors (Lipinski definition) is 6. The van der Waals surface area contributed by atoms with Crippen molar-refractivity contribution in [2.45, 2.75) is 13.0 Å². The number of amides is 1. The smallest absolute Gasteiger partial charge is 0.291 e. The van der Waals surface area contributed by atoms with Crippen molar-refractivity contribution in [1.29, 1.82) is 0 Å². The van der Waals surface area contributed by atoms with Gasteiger partial charge in [0.05, 0.1) is 49.6 Å². The Kier molecular flexibility index (Phi) is 6.09. The summed E-state index contributed by atoms with van der Waals surface area (Å²) >= 11 is 0. The van der Waals surface area contributed by atoms with Crippen LogP contribution < -0.4 is 10.1 Å². The van der Waals surface area contributed by atoms with Crippen molar-refractivity contribution in [3.8, 4) is 28.3 Å². The molecule has 1 unspecified atom stereocenters. The third-order valence-corrected chi connectivity index (χ3v) is 5.80. The Labute approximate surface area is 195 Å². The predicted octanol–water partition coefficient (Wildman–Crippen LogP) is 4.64. The van der Waals surface area contributed by atoms with Crippen molar-refractivity contribution >= 4 is 11.6 Å². The molecule has 1 N–H and O–H groups in total. The number of aromatic nitrogens is 3. The van der Waals surface area contributed by atoms with Gasteiger partial charge in [-0.05, 0) is 42.8 Å². The fraction of sp³-hybridized carbons (Fsp3) is 0.240. The number of carbonyl (C=O) groups is 1. The van der Waals surface area contributed by atoms with E-state index in [0.717, 1.165) is 24.3 Å². The van der Waals surface area contributed by atoms with Crippen LogP contribution in [-0.4, -0.2) is 40.8 Å². The number of hydrogen-bond donors (Lipinski definition) is 1. The third kappa shape index (κ3) is 4.29. The Morgan fingerprint density at radius 2 is 2.12 bits per heavy atom. The third-order valence-electron chi connectivity index (χ3n) is 5.80. The topological polar surface area (TPSA) is 91.4 Å². The normalized spacial score (nSPS) is 15.4. The van der Waals surface area contributed by atoms with Crippen molar-refractivity contribution in [3.05, 3.63) is 73.0 Å². The van der Waals surface area contributed by atoms with E-state index in [-0.39, 0.29) is 11.6 Å². The zero-order valence-electron chi connectivity index (χ0n) is 18.5. The van der Waals surface area contributed by atoms with E-state index < -0.39 is 5.91 Å². The van der Waals surface area contributed by atoms with Crippen molar-refractivity contribution in [3.63, 3.8) is 0 Å². The van der Waals surface area contributed by atoms with Gasteiger partial charge in [0, 0.05) is 36.4 Å². The van der Waals surface area contributed by atoms with Crippen LogP contribution in [0.1, 0.15) is 17.0 Å². The Balaban J connectivity index is 1.64. The molecule has 8 nitrogen and oxygen atoms in total. The lowest BCUT2D eigenvalue weighted by atomic mass is 10.0. The molecular weight excluding hydrogens is 439 g/mol. The number of pyridine rings is 1. The standard InChI is InChI=1S/C25H23FN4O4/c1-32-21-12-27-11-19(23(21)29-25(31)20-3-2-9-34-20)24-22(17-4-6-18(26)7-5-17)28-15-30(24)13-16-8-10-33-14-16/h2-7,9,11-12,15-16H,8,10,13-14H2,1H3,(H,27,29,31). The summed E-state index contributed by atoms with van der Waals surface area (Å²) in [6.07, 6.45) is 7.33. The van der Waals surface area contributed by atoms with Gasteiger partial charge in [-0.15, -0.1) is 0 Å². The zero-order chi connectivity index (χ0) is 23.5. The Morgan fingerprint density at radius 1 is 1.26 bits per heavy atom. The van der Waals surface area contributed by atoms with Crippen LogP contribution in [0.4, 0.5) is 10.1 Å². The average molecular weight is 462 g/mol. The number of carbonyl (C=O) groups excluding carboxylic acids is 1. The van der Waals surface area contributed by atoms with E-state index in [2.05, 4.69) is 15.3 Å². The van der Waals surface area contributed by atoms with Crippen molar-refractivity contribution in [1.82, 2.24) is 14.5 Å². The van der Waals surface area contributed by atoms with Gasteiger partial charge < -0.3 is 23.8 Å². The maximum Gasteiger partial charge on any atom is 0.291 e. The molecule has 4 aromatic rings. The number of imidazole rings is 1. The van der Waals surface area contributed by atoms with E-state index in [0.29, 0.717) is 41.8 Å². The van der Waals surface area contributed by atoms with E-state index in [1.54, 1.807) is 36.8 Å². The molecule has 174 valence electrons. The van der Waals surface area contributed by atoms with Gasteiger partial charge in [-0.3, -0.25) is 9.78 Å². The first-order chi connectivity index (χ1) is 16.6. The summed E-state index contributed by atoms with van der Waals surface area (Å²) in [5, 5.41) is 2.91. The monoisotopic (exact) mass is 462 g/mol. The van der Waals surface area contributed by atoms with Crippen LogP contribution >= 0.6 is 0 Å². The number of benzene rings is 1. The molecule has 1 aliphatic rings. The fourth-order valence-electron chi connectivity index (χ4n) is 4.12. The molecule has 34 heavy (non-hydrogen) atoms. The van der Waals surface area contributed by atoms with Crippen LogP contribution in [0, 0.1) is 11.7 Å². The SMILES string of the molecule is COc1cncc(-c2c(-c3ccc(F)cc3)ncn2CC2CCOC2)c1NC(=O)c1ccco1. The number of furan rings is 1. The van der Waals surface area contributed by atoms with Crippen molar-refractivity contribution in [2.75, 3.05) is 25.6 Å². The van der Waals surface area contributed by atoms with Gasteiger partial charge in [0.15, 0.2) is 11.5 Å². The first-order valence-corrected chi connectivity index (χ1v) is 10.9. The highest BCUT2D eigenvalue weighted by atomic mass is 19.1. The summed E-state index contributed by atoms with van der Waals surface area (Å²) in [5.74, 6) is 0.130. The molecule has 1 atom stereocenters. The molecule has 1 amide bonds. The Morgan fingerprint density at radius 3 is 2.82 bits per heavy atom. The summed E-state index contributed by atoms with van der Waals surface area (Å²) in [4.78, 5) is 21.9. The number of nitrogens with zero attached hydrogens (tertiary/aromatic N) is 3. The number of methoxy groups -OCH3 is 1. The summed E-state index contributed by atoms with van der Waals surface area (Å²) in [6.45, 7) is 2.07. The molecule has 5 rings (SSSR count). The number of anilines is 1. The second kappa shape index (κ2) is 9.48. The minimum Gasteiger partial charge on any atom is -0.493 e. The lowest BCUT2D eigenvalue weighted by Crippen LogP contribution is -2.15. The highest BCUT2D eigenvalue weighted by Gasteiger charge is 2.25. The van der Waals surface area contributed by atoms with Crippen LogP contribution in [0.2, 0.25) is 0 Å². The summed E-state index contributed by atoms with van der Waals surface area (Å²) in [7, 11) is 1.51. The van der Waals surface area contributed by atoms with Crippen LogP contribution in [0.3, 0.4) is 0 Å². The minimum atomic E-state index is -0.422. The molecule has 1 aromatic carbocycles. The summed E-state index contributed by atoms with van der Waals surface area (Å²) in [6, 6.07) is 9.37. The van der Waals surface area contributed by atoms with Crippen molar-refractivity contribution < 1.29 is 23.1 Å². The van der Waals surface area contributed by atoms with Crippen molar-refractivity contribution in [2.24, 2.45) is 5.92 Å². The quantitative estimate of drug-likeness (QED) is 0.430. The van der Waals surface area contributed by atoms with Gasteiger partial charge in [-0.1, -0.05) is 0 Å². The molecule has 0 aliphatic carbocycles. The fourth-order valence-corrected chi connectivity index (χ4v) is 4.12. The molecule has 3 aromatic heterocycles. The molecule has 9 heteroatoms. The lowest BCUT2D eigenvalue weighted by Gasteiger charge is -2.18. The average Bonchev–Trinajstić information content (AvgIpc) is 3.63. The predicted molar refractivity (Wildman–Crippen MR) is 123 cm³/mol. The Hall–Kier alpha value is -3.98. The largest absolute Gasteiger partial charge is 0.493 e. The van der Waals surface area contributed by atoms with Gasteiger partial charge in [0.1, 0.15) is 5.82 Å². The van der Waals surface area contributed by atoms with Crippen LogP contribution in [0.25, 0.3) is 22.5 Å². The number of halogens is 1. The lowest BCUT2D eigenvalue weighted by molar-refractivity contribution is 0.0996. The van der Waals surface area contributed by atoms with E-state index >= 15 is 0 Å². The highest BCUT2D eigenvalue weighted by molar-refractivity contribution is 6.06. The van der Waals surface area contributed by atoms with Crippen LogP contribution in [-0.2, 0) is 11.3 Å². The first-order valence-electron chi connectivity index (χ1n) is 10.9. The number of nitrogens with one attached hydrogen (secondary N) is 1. The molecular formula is C25H23FN4O4. The molecule has 4 heterocycles. The molecule has 1 fully saturated rings. The minimum absolute atomic E-state index is 0.167. The molecule has 0 radical (unpaired) electrons. The van der Waals surface area contributed by atoms with Gasteiger partial charge in [0.2, 0.25) is 0 Å². The highest BCUT2D eigenvalue weighted by Crippen LogP contribution is 2.40. The van der Waals surface area contributed by atoms with E-state index in [1.807, 2.05) is 4.57 Å². The second-order valence-electron chi connectivity index (χ2n) is 8.03. The summed E-state index contributed by atoms with van der Waals surface area (Å²) in [5.41, 5.74) is 3.17. The van der Waals surface area contributed by atoms with Gasteiger partial charge in [0.25, 0.3) is 5.91 Å².